The maximum Gasteiger partial charge on any atom is 0.325 e. The lowest BCUT2D eigenvalue weighted by Gasteiger charge is -2.15. The van der Waals surface area contributed by atoms with Crippen LogP contribution in [0.2, 0.25) is 0 Å². The quantitative estimate of drug-likeness (QED) is 0.821. The van der Waals surface area contributed by atoms with Crippen molar-refractivity contribution in [3.05, 3.63) is 65.7 Å². The molecule has 4 heteroatoms. The first-order valence-corrected chi connectivity index (χ1v) is 6.93. The second-order valence-electron chi connectivity index (χ2n) is 4.64. The molecule has 2 N–H and O–H groups in total. The van der Waals surface area contributed by atoms with Crippen LogP contribution in [0.3, 0.4) is 0 Å². The van der Waals surface area contributed by atoms with Gasteiger partial charge in [-0.2, -0.15) is 0 Å². The van der Waals surface area contributed by atoms with Gasteiger partial charge in [-0.25, -0.2) is 0 Å². The molecule has 0 saturated heterocycles. The Morgan fingerprint density at radius 2 is 1.81 bits per heavy atom. The van der Waals surface area contributed by atoms with Gasteiger partial charge in [-0.15, -0.1) is 0 Å². The number of hydrogen-bond acceptors (Lipinski definition) is 3. The maximum atomic E-state index is 11.4. The molecule has 0 aliphatic rings. The second kappa shape index (κ2) is 7.45. The second-order valence-corrected chi connectivity index (χ2v) is 4.64. The minimum absolute atomic E-state index is 0.484. The number of hydrogen-bond donors (Lipinski definition) is 2. The third-order valence-corrected chi connectivity index (χ3v) is 3.12. The van der Waals surface area contributed by atoms with Crippen molar-refractivity contribution in [2.75, 3.05) is 6.61 Å². The summed E-state index contributed by atoms with van der Waals surface area (Å²) in [7, 11) is 0. The van der Waals surface area contributed by atoms with Crippen molar-refractivity contribution in [2.24, 2.45) is 0 Å². The van der Waals surface area contributed by atoms with Crippen LogP contribution in [0.25, 0.3) is 0 Å². The Balaban J connectivity index is 2.00. The Kier molecular flexibility index (Phi) is 5.35. The molecule has 0 bridgehead atoms. The zero-order chi connectivity index (χ0) is 15.1. The van der Waals surface area contributed by atoms with Crippen molar-refractivity contribution < 1.29 is 14.6 Å². The minimum Gasteiger partial charge on any atom is -0.494 e. The highest BCUT2D eigenvalue weighted by atomic mass is 16.5. The first-order chi connectivity index (χ1) is 10.2. The molecule has 0 radical (unpaired) electrons. The molecule has 0 amide bonds. The number of benzene rings is 2. The van der Waals surface area contributed by atoms with Crippen LogP contribution >= 0.6 is 0 Å². The molecule has 0 heterocycles. The number of ether oxygens (including phenoxy) is 1. The molecule has 2 rings (SSSR count). The van der Waals surface area contributed by atoms with Gasteiger partial charge >= 0.3 is 5.97 Å². The molecule has 110 valence electrons. The van der Waals surface area contributed by atoms with Crippen LogP contribution in [0.4, 0.5) is 0 Å². The van der Waals surface area contributed by atoms with Crippen LogP contribution in [0.5, 0.6) is 5.75 Å². The molecular weight excluding hydrogens is 266 g/mol. The summed E-state index contributed by atoms with van der Waals surface area (Å²) in [6.07, 6.45) is 0. The van der Waals surface area contributed by atoms with E-state index in [0.717, 1.165) is 16.9 Å². The Morgan fingerprint density at radius 3 is 2.38 bits per heavy atom. The predicted octanol–water partition coefficient (Wildman–Crippen LogP) is 3.00. The summed E-state index contributed by atoms with van der Waals surface area (Å²) >= 11 is 0. The topological polar surface area (TPSA) is 58.6 Å². The smallest absolute Gasteiger partial charge is 0.325 e. The Labute approximate surface area is 124 Å². The summed E-state index contributed by atoms with van der Waals surface area (Å²) in [5.41, 5.74) is 1.76. The number of aliphatic carboxylic acids is 1. The van der Waals surface area contributed by atoms with E-state index in [1.54, 1.807) is 0 Å². The minimum atomic E-state index is -0.882. The molecular formula is C17H19NO3. The van der Waals surface area contributed by atoms with Gasteiger partial charge in [0.25, 0.3) is 0 Å². The lowest BCUT2D eigenvalue weighted by molar-refractivity contribution is -0.139. The third kappa shape index (κ3) is 4.33. The van der Waals surface area contributed by atoms with Crippen molar-refractivity contribution in [1.82, 2.24) is 5.32 Å². The van der Waals surface area contributed by atoms with Crippen molar-refractivity contribution in [1.29, 1.82) is 0 Å². The van der Waals surface area contributed by atoms with Crippen molar-refractivity contribution in [3.63, 3.8) is 0 Å². The Bertz CT molecular complexity index is 566. The fraction of sp³-hybridized carbons (Fsp3) is 0.235. The number of carboxylic acids is 1. The van der Waals surface area contributed by atoms with Gasteiger partial charge in [-0.05, 0) is 30.2 Å². The van der Waals surface area contributed by atoms with Crippen LogP contribution in [0.15, 0.2) is 54.6 Å². The molecule has 0 aliphatic carbocycles. The largest absolute Gasteiger partial charge is 0.494 e. The standard InChI is InChI=1S/C17H19NO3/c1-2-21-15-10-8-13(9-11-15)12-18-16(17(19)20)14-6-4-3-5-7-14/h3-11,16,18H,2,12H2,1H3,(H,19,20). The summed E-state index contributed by atoms with van der Waals surface area (Å²) in [6.45, 7) is 3.05. The molecule has 1 unspecified atom stereocenters. The zero-order valence-electron chi connectivity index (χ0n) is 12.0. The van der Waals surface area contributed by atoms with E-state index >= 15 is 0 Å². The maximum absolute atomic E-state index is 11.4. The molecule has 0 aromatic heterocycles. The summed E-state index contributed by atoms with van der Waals surface area (Å²) in [5.74, 6) is -0.0637. The van der Waals surface area contributed by atoms with E-state index in [-0.39, 0.29) is 0 Å². The third-order valence-electron chi connectivity index (χ3n) is 3.12. The van der Waals surface area contributed by atoms with E-state index in [0.29, 0.717) is 13.2 Å². The number of carbonyl (C=O) groups is 1. The van der Waals surface area contributed by atoms with Gasteiger partial charge in [0.2, 0.25) is 0 Å². The molecule has 0 spiro atoms. The van der Waals surface area contributed by atoms with E-state index in [2.05, 4.69) is 5.32 Å². The molecule has 1 atom stereocenters. The van der Waals surface area contributed by atoms with Crippen molar-refractivity contribution in [3.8, 4) is 5.75 Å². The van der Waals surface area contributed by atoms with Gasteiger partial charge in [0, 0.05) is 6.54 Å². The summed E-state index contributed by atoms with van der Waals surface area (Å²) in [4.78, 5) is 11.4. The number of nitrogens with one attached hydrogen (secondary N) is 1. The molecule has 0 aliphatic heterocycles. The SMILES string of the molecule is CCOc1ccc(CNC(C(=O)O)c2ccccc2)cc1. The average Bonchev–Trinajstić information content (AvgIpc) is 2.50. The molecule has 0 fully saturated rings. The zero-order valence-corrected chi connectivity index (χ0v) is 12.0. The lowest BCUT2D eigenvalue weighted by atomic mass is 10.1. The predicted molar refractivity (Wildman–Crippen MR) is 81.3 cm³/mol. The van der Waals surface area contributed by atoms with Gasteiger partial charge in [-0.1, -0.05) is 42.5 Å². The number of rotatable bonds is 7. The van der Waals surface area contributed by atoms with E-state index in [1.807, 2.05) is 61.5 Å². The van der Waals surface area contributed by atoms with E-state index in [4.69, 9.17) is 4.74 Å². The number of carboxylic acid groups (broad SMARTS) is 1. The van der Waals surface area contributed by atoms with Gasteiger partial charge in [-0.3, -0.25) is 10.1 Å². The van der Waals surface area contributed by atoms with E-state index in [9.17, 15) is 9.90 Å². The molecule has 0 saturated carbocycles. The fourth-order valence-corrected chi connectivity index (χ4v) is 2.08. The molecule has 2 aromatic carbocycles. The van der Waals surface area contributed by atoms with Crippen molar-refractivity contribution in [2.45, 2.75) is 19.5 Å². The van der Waals surface area contributed by atoms with Crippen molar-refractivity contribution >= 4 is 5.97 Å². The van der Waals surface area contributed by atoms with Crippen LogP contribution in [-0.2, 0) is 11.3 Å². The Morgan fingerprint density at radius 1 is 1.14 bits per heavy atom. The normalized spacial score (nSPS) is 11.9. The van der Waals surface area contributed by atoms with Crippen LogP contribution in [0.1, 0.15) is 24.1 Å². The highest BCUT2D eigenvalue weighted by Gasteiger charge is 2.18. The average molecular weight is 285 g/mol. The summed E-state index contributed by atoms with van der Waals surface area (Å²) < 4.78 is 5.38. The fourth-order valence-electron chi connectivity index (χ4n) is 2.08. The summed E-state index contributed by atoms with van der Waals surface area (Å²) in [6, 6.07) is 16.1. The highest BCUT2D eigenvalue weighted by molar-refractivity contribution is 5.75. The summed E-state index contributed by atoms with van der Waals surface area (Å²) in [5, 5.41) is 12.4. The lowest BCUT2D eigenvalue weighted by Crippen LogP contribution is -2.28. The van der Waals surface area contributed by atoms with E-state index < -0.39 is 12.0 Å². The van der Waals surface area contributed by atoms with E-state index in [1.165, 1.54) is 0 Å². The van der Waals surface area contributed by atoms with Crippen LogP contribution in [0, 0.1) is 0 Å². The van der Waals surface area contributed by atoms with Gasteiger partial charge in [0.1, 0.15) is 11.8 Å². The first-order valence-electron chi connectivity index (χ1n) is 6.93. The Hall–Kier alpha value is -2.33. The monoisotopic (exact) mass is 285 g/mol. The molecule has 21 heavy (non-hydrogen) atoms. The first kappa shape index (κ1) is 15.1. The molecule has 2 aromatic rings. The van der Waals surface area contributed by atoms with Crippen LogP contribution < -0.4 is 10.1 Å². The highest BCUT2D eigenvalue weighted by Crippen LogP contribution is 2.15. The van der Waals surface area contributed by atoms with Gasteiger partial charge < -0.3 is 9.84 Å². The molecule has 4 nitrogen and oxygen atoms in total. The van der Waals surface area contributed by atoms with Gasteiger partial charge in [0.05, 0.1) is 6.61 Å². The van der Waals surface area contributed by atoms with Gasteiger partial charge in [0.15, 0.2) is 0 Å². The van der Waals surface area contributed by atoms with Crippen LogP contribution in [-0.4, -0.2) is 17.7 Å².